The molecule has 1 N–H and O–H groups in total. The Morgan fingerprint density at radius 1 is 1.42 bits per heavy atom. The molecule has 1 rings (SSSR count). The van der Waals surface area contributed by atoms with E-state index in [1.54, 1.807) is 13.0 Å². The largest absolute Gasteiger partial charge is 0.494 e. The van der Waals surface area contributed by atoms with Crippen molar-refractivity contribution < 1.29 is 18.1 Å². The molecule has 8 heteroatoms. The van der Waals surface area contributed by atoms with Crippen LogP contribution in [0.2, 0.25) is 0 Å². The van der Waals surface area contributed by atoms with Crippen molar-refractivity contribution in [2.75, 3.05) is 19.4 Å². The average molecular weight is 288 g/mol. The molecule has 0 aliphatic rings. The minimum Gasteiger partial charge on any atom is -0.494 e. The third-order valence-corrected chi connectivity index (χ3v) is 3.95. The first-order valence-corrected chi connectivity index (χ1v) is 7.30. The Morgan fingerprint density at radius 2 is 2.11 bits per heavy atom. The van der Waals surface area contributed by atoms with E-state index in [0.717, 1.165) is 0 Å². The third-order valence-electron chi connectivity index (χ3n) is 2.50. The van der Waals surface area contributed by atoms with Gasteiger partial charge in [0.2, 0.25) is 10.0 Å². The molecule has 1 aromatic carbocycles. The number of hydrogen-bond acceptors (Lipinski definition) is 5. The summed E-state index contributed by atoms with van der Waals surface area (Å²) in [5.41, 5.74) is 0.537. The average Bonchev–Trinajstić information content (AvgIpc) is 2.34. The van der Waals surface area contributed by atoms with Crippen LogP contribution >= 0.6 is 0 Å². The molecule has 0 spiro atoms. The van der Waals surface area contributed by atoms with Crippen LogP contribution in [0, 0.1) is 17.0 Å². The molecule has 0 saturated carbocycles. The zero-order valence-electron chi connectivity index (χ0n) is 10.8. The highest BCUT2D eigenvalue weighted by Gasteiger charge is 2.11. The summed E-state index contributed by atoms with van der Waals surface area (Å²) >= 11 is 0. The van der Waals surface area contributed by atoms with Crippen LogP contribution in [0.4, 0.5) is 5.69 Å². The van der Waals surface area contributed by atoms with E-state index in [1.807, 2.05) is 0 Å². The summed E-state index contributed by atoms with van der Waals surface area (Å²) in [6, 6.07) is 4.43. The Morgan fingerprint density at radius 3 is 2.63 bits per heavy atom. The molecule has 0 amide bonds. The van der Waals surface area contributed by atoms with Crippen LogP contribution in [0.1, 0.15) is 12.0 Å². The van der Waals surface area contributed by atoms with Gasteiger partial charge in [-0.25, -0.2) is 13.1 Å². The summed E-state index contributed by atoms with van der Waals surface area (Å²) in [5.74, 6) is 0.472. The van der Waals surface area contributed by atoms with Crippen LogP contribution in [-0.2, 0) is 10.0 Å². The number of sulfonamides is 1. The van der Waals surface area contributed by atoms with Crippen molar-refractivity contribution in [1.82, 2.24) is 4.72 Å². The van der Waals surface area contributed by atoms with E-state index in [2.05, 4.69) is 4.72 Å². The lowest BCUT2D eigenvalue weighted by Crippen LogP contribution is -2.23. The highest BCUT2D eigenvalue weighted by atomic mass is 32.2. The fourth-order valence-electron chi connectivity index (χ4n) is 1.46. The number of benzene rings is 1. The smallest absolute Gasteiger partial charge is 0.272 e. The van der Waals surface area contributed by atoms with E-state index >= 15 is 0 Å². The van der Waals surface area contributed by atoms with Gasteiger partial charge in [-0.3, -0.25) is 10.1 Å². The summed E-state index contributed by atoms with van der Waals surface area (Å²) in [6.07, 6.45) is 0.346. The van der Waals surface area contributed by atoms with Crippen molar-refractivity contribution in [1.29, 1.82) is 0 Å². The Labute approximate surface area is 111 Å². The second-order valence-electron chi connectivity index (χ2n) is 3.93. The van der Waals surface area contributed by atoms with Crippen LogP contribution in [0.15, 0.2) is 18.2 Å². The first kappa shape index (κ1) is 15.4. The van der Waals surface area contributed by atoms with Gasteiger partial charge >= 0.3 is 0 Å². The minimum atomic E-state index is -3.22. The summed E-state index contributed by atoms with van der Waals surface area (Å²) in [4.78, 5) is 10.2. The molecule has 0 fully saturated rings. The fraction of sp³-hybridized carbons (Fsp3) is 0.455. The third kappa shape index (κ3) is 4.84. The molecule has 0 bridgehead atoms. The zero-order valence-corrected chi connectivity index (χ0v) is 11.6. The standard InChI is InChI=1S/C11H16N2O5S/c1-9-8-10(4-5-11(9)13(14)15)18-6-3-7-19(16,17)12-2/h4-5,8,12H,3,6-7H2,1-2H3. The second-order valence-corrected chi connectivity index (χ2v) is 5.98. The minimum absolute atomic E-state index is 0.0184. The monoisotopic (exact) mass is 288 g/mol. The lowest BCUT2D eigenvalue weighted by molar-refractivity contribution is -0.385. The maximum absolute atomic E-state index is 11.1. The number of nitrogens with one attached hydrogen (secondary N) is 1. The van der Waals surface area contributed by atoms with Gasteiger partial charge in [-0.05, 0) is 32.5 Å². The van der Waals surface area contributed by atoms with Crippen molar-refractivity contribution in [2.24, 2.45) is 0 Å². The Hall–Kier alpha value is -1.67. The molecule has 1 aromatic rings. The van der Waals surface area contributed by atoms with Crippen LogP contribution < -0.4 is 9.46 Å². The number of rotatable bonds is 7. The van der Waals surface area contributed by atoms with E-state index < -0.39 is 14.9 Å². The van der Waals surface area contributed by atoms with Gasteiger partial charge in [-0.2, -0.15) is 0 Å². The topological polar surface area (TPSA) is 98.5 Å². The van der Waals surface area contributed by atoms with Crippen molar-refractivity contribution in [3.63, 3.8) is 0 Å². The Kier molecular flexibility index (Phi) is 5.25. The summed E-state index contributed by atoms with van der Waals surface area (Å²) in [5, 5.41) is 10.6. The van der Waals surface area contributed by atoms with Crippen molar-refractivity contribution >= 4 is 15.7 Å². The van der Waals surface area contributed by atoms with Crippen LogP contribution in [0.5, 0.6) is 5.75 Å². The quantitative estimate of drug-likeness (QED) is 0.462. The normalized spacial score (nSPS) is 11.3. The predicted molar refractivity (Wildman–Crippen MR) is 70.8 cm³/mol. The summed E-state index contributed by atoms with van der Waals surface area (Å²) < 4.78 is 29.8. The molecular formula is C11H16N2O5S. The maximum atomic E-state index is 11.1. The van der Waals surface area contributed by atoms with Crippen LogP contribution in [0.3, 0.4) is 0 Å². The number of hydrogen-bond donors (Lipinski definition) is 1. The highest BCUT2D eigenvalue weighted by molar-refractivity contribution is 7.89. The van der Waals surface area contributed by atoms with Gasteiger partial charge in [0.15, 0.2) is 0 Å². The van der Waals surface area contributed by atoms with Gasteiger partial charge in [0.25, 0.3) is 5.69 Å². The van der Waals surface area contributed by atoms with Crippen molar-refractivity contribution in [3.8, 4) is 5.75 Å². The van der Waals surface area contributed by atoms with Gasteiger partial charge in [-0.15, -0.1) is 0 Å². The molecule has 0 aliphatic carbocycles. The van der Waals surface area contributed by atoms with Gasteiger partial charge in [0.05, 0.1) is 17.3 Å². The van der Waals surface area contributed by atoms with E-state index in [-0.39, 0.29) is 18.0 Å². The van der Waals surface area contributed by atoms with E-state index in [1.165, 1.54) is 19.2 Å². The van der Waals surface area contributed by atoms with Crippen molar-refractivity contribution in [3.05, 3.63) is 33.9 Å². The zero-order chi connectivity index (χ0) is 14.5. The van der Waals surface area contributed by atoms with Gasteiger partial charge in [-0.1, -0.05) is 0 Å². The summed E-state index contributed by atoms with van der Waals surface area (Å²) in [6.45, 7) is 1.86. The number of nitro groups is 1. The number of ether oxygens (including phenoxy) is 1. The van der Waals surface area contributed by atoms with E-state index in [0.29, 0.717) is 17.7 Å². The lowest BCUT2D eigenvalue weighted by Gasteiger charge is -2.07. The van der Waals surface area contributed by atoms with E-state index in [4.69, 9.17) is 4.74 Å². The molecule has 7 nitrogen and oxygen atoms in total. The van der Waals surface area contributed by atoms with Gasteiger partial charge in [0.1, 0.15) is 5.75 Å². The molecule has 106 valence electrons. The Bertz CT molecular complexity index is 556. The molecule has 0 atom stereocenters. The number of nitro benzene ring substituents is 1. The van der Waals surface area contributed by atoms with Gasteiger partial charge in [0, 0.05) is 11.6 Å². The lowest BCUT2D eigenvalue weighted by atomic mass is 10.2. The molecular weight excluding hydrogens is 272 g/mol. The van der Waals surface area contributed by atoms with Crippen molar-refractivity contribution in [2.45, 2.75) is 13.3 Å². The second kappa shape index (κ2) is 6.48. The van der Waals surface area contributed by atoms with Crippen LogP contribution in [-0.4, -0.2) is 32.7 Å². The van der Waals surface area contributed by atoms with E-state index in [9.17, 15) is 18.5 Å². The predicted octanol–water partition coefficient (Wildman–Crippen LogP) is 1.22. The molecule has 0 radical (unpaired) electrons. The highest BCUT2D eigenvalue weighted by Crippen LogP contribution is 2.23. The SMILES string of the molecule is CNS(=O)(=O)CCCOc1ccc([N+](=O)[O-])c(C)c1. The Balaban J connectivity index is 2.51. The molecule has 0 aromatic heterocycles. The fourth-order valence-corrected chi connectivity index (χ4v) is 2.17. The summed E-state index contributed by atoms with van der Waals surface area (Å²) in [7, 11) is -1.86. The van der Waals surface area contributed by atoms with Crippen LogP contribution in [0.25, 0.3) is 0 Å². The van der Waals surface area contributed by atoms with Gasteiger partial charge < -0.3 is 4.74 Å². The molecule has 0 unspecified atom stereocenters. The number of aryl methyl sites for hydroxylation is 1. The molecule has 19 heavy (non-hydrogen) atoms. The molecule has 0 saturated heterocycles. The first-order valence-electron chi connectivity index (χ1n) is 5.65. The number of nitrogens with zero attached hydrogens (tertiary/aromatic N) is 1. The first-order chi connectivity index (χ1) is 8.85. The molecule has 0 aliphatic heterocycles. The maximum Gasteiger partial charge on any atom is 0.272 e. The molecule has 0 heterocycles.